The molecule has 0 saturated carbocycles. The molecular formula is C7H11F6N2P. The number of hydrogen-bond donors (Lipinski definition) is 0. The molecule has 0 spiro atoms. The smallest absolute Gasteiger partial charge is 1.00 e. The van der Waals surface area contributed by atoms with Crippen molar-refractivity contribution in [3.8, 4) is 0 Å². The second-order valence-corrected chi connectivity index (χ2v) is 3.98. The number of imidazole rings is 1. The first kappa shape index (κ1) is 17.4. The third-order valence-electron chi connectivity index (χ3n) is 1.16. The Hall–Kier alpha value is -1.04. The molecule has 0 atom stereocenters. The molecule has 0 bridgehead atoms. The summed E-state index contributed by atoms with van der Waals surface area (Å²) in [7, 11) is -6.55. The molecule has 0 unspecified atom stereocenters. The average Bonchev–Trinajstić information content (AvgIpc) is 2.30. The largest absolute Gasteiger partial charge is 1.00 e. The van der Waals surface area contributed by atoms with Crippen LogP contribution in [0.3, 0.4) is 0 Å². The molecule has 1 rings (SSSR count). The molecule has 0 fully saturated rings. The number of aryl methyl sites for hydroxylation is 1. The molecule has 0 aliphatic carbocycles. The SMILES string of the molecule is C=CCn1cc[n+](C)c1.FP(F)(F)(F)F.[F-]. The first-order valence-corrected chi connectivity index (χ1v) is 5.48. The summed E-state index contributed by atoms with van der Waals surface area (Å²) in [5.74, 6) is 0. The van der Waals surface area contributed by atoms with Gasteiger partial charge >= 0.3 is 29.1 Å². The number of aromatic nitrogens is 2. The van der Waals surface area contributed by atoms with Crippen LogP contribution in [0.4, 0.5) is 21.0 Å². The maximum atomic E-state index is 9.84. The van der Waals surface area contributed by atoms with E-state index in [1.807, 2.05) is 36.4 Å². The predicted molar refractivity (Wildman–Crippen MR) is 48.3 cm³/mol. The minimum atomic E-state index is -8.55. The van der Waals surface area contributed by atoms with E-state index in [-0.39, 0.29) is 4.70 Å². The van der Waals surface area contributed by atoms with Crippen LogP contribution < -0.4 is 9.27 Å². The zero-order valence-electron chi connectivity index (χ0n) is 8.33. The third-order valence-corrected chi connectivity index (χ3v) is 1.16. The normalized spacial score (nSPS) is 12.5. The number of nitrogens with zero attached hydrogens (tertiary/aromatic N) is 2. The third kappa shape index (κ3) is 15.4. The topological polar surface area (TPSA) is 8.81 Å². The number of rotatable bonds is 2. The number of hydrogen-bond acceptors (Lipinski definition) is 0. The molecule has 0 aliphatic rings. The van der Waals surface area contributed by atoms with E-state index in [4.69, 9.17) is 0 Å². The second kappa shape index (κ2) is 5.89. The molecule has 0 N–H and O–H groups in total. The fraction of sp³-hybridized carbons (Fsp3) is 0.286. The van der Waals surface area contributed by atoms with Crippen molar-refractivity contribution in [1.29, 1.82) is 0 Å². The molecule has 0 aliphatic heterocycles. The Morgan fingerprint density at radius 2 is 1.75 bits per heavy atom. The van der Waals surface area contributed by atoms with Gasteiger partial charge in [0.05, 0.1) is 7.05 Å². The molecule has 96 valence electrons. The quantitative estimate of drug-likeness (QED) is 0.319. The Balaban J connectivity index is 0. The molecule has 1 heterocycles. The van der Waals surface area contributed by atoms with Crippen LogP contribution in [0.2, 0.25) is 0 Å². The predicted octanol–water partition coefficient (Wildman–Crippen LogP) is 0.465. The van der Waals surface area contributed by atoms with Crippen molar-refractivity contribution >= 4 is 8.16 Å². The van der Waals surface area contributed by atoms with E-state index in [0.29, 0.717) is 0 Å². The molecule has 9 heteroatoms. The fourth-order valence-electron chi connectivity index (χ4n) is 0.759. The van der Waals surface area contributed by atoms with Gasteiger partial charge in [-0.1, -0.05) is 12.7 Å². The van der Waals surface area contributed by atoms with Gasteiger partial charge in [-0.05, 0) is 0 Å². The van der Waals surface area contributed by atoms with E-state index in [2.05, 4.69) is 11.1 Å². The van der Waals surface area contributed by atoms with Crippen molar-refractivity contribution in [1.82, 2.24) is 4.57 Å². The average molecular weight is 268 g/mol. The molecule has 0 saturated heterocycles. The van der Waals surface area contributed by atoms with Gasteiger partial charge in [-0.15, -0.1) is 0 Å². The van der Waals surface area contributed by atoms with Crippen molar-refractivity contribution < 1.29 is 30.3 Å². The summed E-state index contributed by atoms with van der Waals surface area (Å²) in [6.07, 6.45) is 7.91. The molecule has 0 aromatic carbocycles. The molecule has 0 radical (unpaired) electrons. The Morgan fingerprint density at radius 3 is 2.00 bits per heavy atom. The van der Waals surface area contributed by atoms with Gasteiger partial charge in [0.1, 0.15) is 18.9 Å². The Labute approximate surface area is 88.9 Å². The van der Waals surface area contributed by atoms with Crippen LogP contribution >= 0.6 is 8.16 Å². The zero-order valence-corrected chi connectivity index (χ0v) is 9.23. The molecule has 2 nitrogen and oxygen atoms in total. The fourth-order valence-corrected chi connectivity index (χ4v) is 0.759. The van der Waals surface area contributed by atoms with E-state index in [0.717, 1.165) is 6.54 Å². The minimum absolute atomic E-state index is 0. The zero-order chi connectivity index (χ0) is 12.1. The van der Waals surface area contributed by atoms with Gasteiger partial charge in [0.25, 0.3) is 0 Å². The second-order valence-electron chi connectivity index (χ2n) is 2.70. The summed E-state index contributed by atoms with van der Waals surface area (Å²) in [5, 5.41) is 0. The Kier molecular flexibility index (Phi) is 6.38. The summed E-state index contributed by atoms with van der Waals surface area (Å²) < 4.78 is 53.3. The van der Waals surface area contributed by atoms with Crippen LogP contribution in [0.15, 0.2) is 31.4 Å². The number of halogens is 6. The van der Waals surface area contributed by atoms with E-state index in [1.54, 1.807) is 0 Å². The summed E-state index contributed by atoms with van der Waals surface area (Å²) >= 11 is 0. The first-order chi connectivity index (χ1) is 6.56. The molecule has 0 amide bonds. The van der Waals surface area contributed by atoms with Crippen LogP contribution in [-0.4, -0.2) is 4.57 Å². The molecular weight excluding hydrogens is 257 g/mol. The van der Waals surface area contributed by atoms with E-state index >= 15 is 0 Å². The van der Waals surface area contributed by atoms with Crippen LogP contribution in [0, 0.1) is 0 Å². The number of allylic oxidation sites excluding steroid dienone is 1. The van der Waals surface area contributed by atoms with Gasteiger partial charge in [-0.3, -0.25) is 0 Å². The van der Waals surface area contributed by atoms with Gasteiger partial charge in [0, 0.05) is 0 Å². The van der Waals surface area contributed by atoms with E-state index < -0.39 is 8.16 Å². The van der Waals surface area contributed by atoms with Crippen molar-refractivity contribution in [3.63, 3.8) is 0 Å². The summed E-state index contributed by atoms with van der Waals surface area (Å²) in [6.45, 7) is 4.52. The van der Waals surface area contributed by atoms with E-state index in [9.17, 15) is 21.0 Å². The van der Waals surface area contributed by atoms with Crippen molar-refractivity contribution in [3.05, 3.63) is 31.4 Å². The molecule has 16 heavy (non-hydrogen) atoms. The Bertz CT molecular complexity index is 312. The summed E-state index contributed by atoms with van der Waals surface area (Å²) in [4.78, 5) is 0. The van der Waals surface area contributed by atoms with E-state index in [1.165, 1.54) is 0 Å². The monoisotopic (exact) mass is 268 g/mol. The molecule has 1 aromatic heterocycles. The summed E-state index contributed by atoms with van der Waals surface area (Å²) in [5.41, 5.74) is 0. The van der Waals surface area contributed by atoms with Crippen LogP contribution in [0.25, 0.3) is 0 Å². The van der Waals surface area contributed by atoms with Gasteiger partial charge in [-0.25, -0.2) is 9.13 Å². The maximum Gasteiger partial charge on any atom is -1.00 e. The van der Waals surface area contributed by atoms with Crippen LogP contribution in [-0.2, 0) is 13.6 Å². The van der Waals surface area contributed by atoms with Crippen LogP contribution in [0.1, 0.15) is 0 Å². The van der Waals surface area contributed by atoms with Crippen molar-refractivity contribution in [2.75, 3.05) is 0 Å². The Morgan fingerprint density at radius 1 is 1.31 bits per heavy atom. The minimum Gasteiger partial charge on any atom is -1.00 e. The molecule has 1 aromatic rings. The standard InChI is InChI=1S/C7H11N2.F5P.FH/c1-3-4-9-6-5-8(2)7-9;1-6(2,3,4)5;/h3,5-7H,1,4H2,2H3;;1H/q+1;;/p-1. The van der Waals surface area contributed by atoms with Crippen LogP contribution in [0.5, 0.6) is 0 Å². The van der Waals surface area contributed by atoms with Gasteiger partial charge in [-0.2, -0.15) is 0 Å². The van der Waals surface area contributed by atoms with Crippen molar-refractivity contribution in [2.45, 2.75) is 6.54 Å². The van der Waals surface area contributed by atoms with Crippen molar-refractivity contribution in [2.24, 2.45) is 7.05 Å². The van der Waals surface area contributed by atoms with Gasteiger partial charge in [0.15, 0.2) is 0 Å². The summed E-state index contributed by atoms with van der Waals surface area (Å²) in [6, 6.07) is 0. The first-order valence-electron chi connectivity index (χ1n) is 3.79. The van der Waals surface area contributed by atoms with Gasteiger partial charge < -0.3 is 4.70 Å². The maximum absolute atomic E-state index is 9.84. The van der Waals surface area contributed by atoms with Gasteiger partial charge in [0.2, 0.25) is 6.33 Å².